The molecule has 1 aliphatic rings. The Morgan fingerprint density at radius 3 is 2.37 bits per heavy atom. The van der Waals surface area contributed by atoms with Gasteiger partial charge in [-0.2, -0.15) is 4.98 Å². The lowest BCUT2D eigenvalue weighted by Gasteiger charge is -2.35. The van der Waals surface area contributed by atoms with Gasteiger partial charge in [-0.15, -0.1) is 0 Å². The van der Waals surface area contributed by atoms with Crippen LogP contribution in [-0.4, -0.2) is 52.1 Å². The van der Waals surface area contributed by atoms with Crippen molar-refractivity contribution in [3.8, 4) is 22.9 Å². The van der Waals surface area contributed by atoms with Gasteiger partial charge in [0.05, 0.1) is 5.56 Å². The van der Waals surface area contributed by atoms with Crippen LogP contribution in [0.2, 0.25) is 0 Å². The van der Waals surface area contributed by atoms with Crippen LogP contribution in [0.15, 0.2) is 77.4 Å². The predicted molar refractivity (Wildman–Crippen MR) is 133 cm³/mol. The first-order valence-corrected chi connectivity index (χ1v) is 11.7. The fraction of sp³-hybridized carbons (Fsp3) is 0.259. The molecule has 0 aliphatic carbocycles. The Bertz CT molecular complexity index is 1280. The fourth-order valence-corrected chi connectivity index (χ4v) is 3.95. The van der Waals surface area contributed by atoms with Crippen molar-refractivity contribution in [2.24, 2.45) is 0 Å². The molecule has 3 heterocycles. The smallest absolute Gasteiger partial charge is 0.257 e. The number of benzene rings is 2. The van der Waals surface area contributed by atoms with Gasteiger partial charge in [-0.1, -0.05) is 49.3 Å². The maximum atomic E-state index is 13.3. The van der Waals surface area contributed by atoms with Crippen LogP contribution in [0.3, 0.4) is 0 Å². The fourth-order valence-electron chi connectivity index (χ4n) is 3.95. The van der Waals surface area contributed by atoms with E-state index in [1.165, 1.54) is 0 Å². The summed E-state index contributed by atoms with van der Waals surface area (Å²) < 4.78 is 11.3. The van der Waals surface area contributed by atoms with Gasteiger partial charge in [-0.05, 0) is 36.4 Å². The largest absolute Gasteiger partial charge is 0.457 e. The summed E-state index contributed by atoms with van der Waals surface area (Å²) in [6.45, 7) is 6.62. The molecule has 0 N–H and O–H groups in total. The monoisotopic (exact) mass is 469 g/mol. The highest BCUT2D eigenvalue weighted by Gasteiger charge is 2.25. The molecule has 8 nitrogen and oxygen atoms in total. The highest BCUT2D eigenvalue weighted by atomic mass is 16.5. The van der Waals surface area contributed by atoms with Crippen LogP contribution in [-0.2, 0) is 0 Å². The van der Waals surface area contributed by atoms with Crippen LogP contribution >= 0.6 is 0 Å². The van der Waals surface area contributed by atoms with Crippen LogP contribution < -0.4 is 9.64 Å². The van der Waals surface area contributed by atoms with Gasteiger partial charge in [0.15, 0.2) is 0 Å². The number of amides is 1. The third-order valence-electron chi connectivity index (χ3n) is 5.92. The van der Waals surface area contributed by atoms with Crippen molar-refractivity contribution in [2.75, 3.05) is 31.1 Å². The average Bonchev–Trinajstić information content (AvgIpc) is 3.40. The molecular formula is C27H27N5O3. The summed E-state index contributed by atoms with van der Waals surface area (Å²) in [4.78, 5) is 26.4. The maximum absolute atomic E-state index is 13.3. The molecule has 178 valence electrons. The second kappa shape index (κ2) is 9.97. The number of para-hydroxylation sites is 2. The summed E-state index contributed by atoms with van der Waals surface area (Å²) in [6.07, 6.45) is 1.76. The molecule has 2 aromatic heterocycles. The Balaban J connectivity index is 1.22. The zero-order valence-electron chi connectivity index (χ0n) is 19.8. The summed E-state index contributed by atoms with van der Waals surface area (Å²) in [7, 11) is 0. The summed E-state index contributed by atoms with van der Waals surface area (Å²) in [5, 5.41) is 4.05. The van der Waals surface area contributed by atoms with E-state index in [9.17, 15) is 4.79 Å². The number of hydrogen-bond acceptors (Lipinski definition) is 7. The molecule has 0 radical (unpaired) electrons. The van der Waals surface area contributed by atoms with E-state index in [1.54, 1.807) is 6.20 Å². The first-order valence-electron chi connectivity index (χ1n) is 11.7. The highest BCUT2D eigenvalue weighted by Crippen LogP contribution is 2.27. The maximum Gasteiger partial charge on any atom is 0.257 e. The van der Waals surface area contributed by atoms with Gasteiger partial charge in [0, 0.05) is 43.9 Å². The number of pyridine rings is 1. The van der Waals surface area contributed by atoms with E-state index in [2.05, 4.69) is 20.0 Å². The van der Waals surface area contributed by atoms with Gasteiger partial charge < -0.3 is 19.1 Å². The van der Waals surface area contributed by atoms with Crippen molar-refractivity contribution in [2.45, 2.75) is 19.8 Å². The molecule has 0 bridgehead atoms. The molecular weight excluding hydrogens is 442 g/mol. The summed E-state index contributed by atoms with van der Waals surface area (Å²) in [5.41, 5.74) is 1.38. The number of aromatic nitrogens is 3. The average molecular weight is 470 g/mol. The van der Waals surface area contributed by atoms with Gasteiger partial charge in [-0.25, -0.2) is 4.98 Å². The molecule has 4 aromatic rings. The normalized spacial score (nSPS) is 13.8. The SMILES string of the molecule is CC(C)c1nc(-c2ccc(N3CCN(C(=O)c4ccccc4Oc4ccccc4)CC3)nc2)no1. The van der Waals surface area contributed by atoms with Crippen molar-refractivity contribution in [1.82, 2.24) is 20.0 Å². The topological polar surface area (TPSA) is 84.6 Å². The van der Waals surface area contributed by atoms with Crippen molar-refractivity contribution in [3.05, 3.63) is 84.4 Å². The number of ether oxygens (including phenoxy) is 1. The van der Waals surface area contributed by atoms with E-state index in [4.69, 9.17) is 9.26 Å². The van der Waals surface area contributed by atoms with E-state index in [1.807, 2.05) is 85.5 Å². The van der Waals surface area contributed by atoms with Gasteiger partial charge in [0.25, 0.3) is 5.91 Å². The van der Waals surface area contributed by atoms with Crippen LogP contribution in [0.1, 0.15) is 36.0 Å². The molecule has 2 aromatic carbocycles. The molecule has 1 aliphatic heterocycles. The van der Waals surface area contributed by atoms with Crippen molar-refractivity contribution < 1.29 is 14.1 Å². The van der Waals surface area contributed by atoms with Crippen molar-refractivity contribution >= 4 is 11.7 Å². The zero-order valence-corrected chi connectivity index (χ0v) is 19.8. The zero-order chi connectivity index (χ0) is 24.2. The van der Waals surface area contributed by atoms with Crippen molar-refractivity contribution in [3.63, 3.8) is 0 Å². The number of rotatable bonds is 6. The number of nitrogens with zero attached hydrogens (tertiary/aromatic N) is 5. The number of carbonyl (C=O) groups is 1. The molecule has 1 saturated heterocycles. The van der Waals surface area contributed by atoms with E-state index >= 15 is 0 Å². The standard InChI is InChI=1S/C27H27N5O3/c1-19(2)26-29-25(30-35-26)20-12-13-24(28-18-20)31-14-16-32(17-15-31)27(33)22-10-6-7-11-23(22)34-21-8-4-3-5-9-21/h3-13,18-19H,14-17H2,1-2H3. The first kappa shape index (κ1) is 22.6. The Hall–Kier alpha value is -4.20. The minimum Gasteiger partial charge on any atom is -0.457 e. The van der Waals surface area contributed by atoms with E-state index in [-0.39, 0.29) is 11.8 Å². The molecule has 0 spiro atoms. The minimum absolute atomic E-state index is 0.0300. The Morgan fingerprint density at radius 2 is 1.69 bits per heavy atom. The highest BCUT2D eigenvalue weighted by molar-refractivity contribution is 5.97. The lowest BCUT2D eigenvalue weighted by atomic mass is 10.1. The van der Waals surface area contributed by atoms with Crippen LogP contribution in [0.5, 0.6) is 11.5 Å². The lowest BCUT2D eigenvalue weighted by molar-refractivity contribution is 0.0744. The quantitative estimate of drug-likeness (QED) is 0.392. The summed E-state index contributed by atoms with van der Waals surface area (Å²) in [6, 6.07) is 20.8. The lowest BCUT2D eigenvalue weighted by Crippen LogP contribution is -2.49. The Kier molecular flexibility index (Phi) is 6.43. The molecule has 0 atom stereocenters. The molecule has 35 heavy (non-hydrogen) atoms. The van der Waals surface area contributed by atoms with Gasteiger partial charge in [-0.3, -0.25) is 4.79 Å². The molecule has 5 rings (SSSR count). The summed E-state index contributed by atoms with van der Waals surface area (Å²) in [5.74, 6) is 3.43. The first-order chi connectivity index (χ1) is 17.1. The van der Waals surface area contributed by atoms with Crippen LogP contribution in [0.25, 0.3) is 11.4 Å². The van der Waals surface area contributed by atoms with Crippen LogP contribution in [0, 0.1) is 0 Å². The number of carbonyl (C=O) groups excluding carboxylic acids is 1. The third-order valence-corrected chi connectivity index (χ3v) is 5.92. The second-order valence-corrected chi connectivity index (χ2v) is 8.71. The molecule has 1 fully saturated rings. The summed E-state index contributed by atoms with van der Waals surface area (Å²) >= 11 is 0. The number of hydrogen-bond donors (Lipinski definition) is 0. The predicted octanol–water partition coefficient (Wildman–Crippen LogP) is 5.01. The molecule has 8 heteroatoms. The third kappa shape index (κ3) is 5.01. The molecule has 0 unspecified atom stereocenters. The Labute approximate surface area is 204 Å². The van der Waals surface area contributed by atoms with E-state index in [0.717, 1.165) is 11.4 Å². The van der Waals surface area contributed by atoms with Gasteiger partial charge in [0.1, 0.15) is 17.3 Å². The Morgan fingerprint density at radius 1 is 0.943 bits per heavy atom. The van der Waals surface area contributed by atoms with E-state index < -0.39 is 0 Å². The van der Waals surface area contributed by atoms with Crippen molar-refractivity contribution in [1.29, 1.82) is 0 Å². The van der Waals surface area contributed by atoms with Gasteiger partial charge in [0.2, 0.25) is 11.7 Å². The second-order valence-electron chi connectivity index (χ2n) is 8.71. The van der Waals surface area contributed by atoms with E-state index in [0.29, 0.717) is 55.0 Å². The van der Waals surface area contributed by atoms with Crippen LogP contribution in [0.4, 0.5) is 5.82 Å². The minimum atomic E-state index is -0.0300. The molecule has 0 saturated carbocycles. The number of piperazine rings is 1. The van der Waals surface area contributed by atoms with Gasteiger partial charge >= 0.3 is 0 Å². The number of anilines is 1. The molecule has 1 amide bonds.